The molecule has 2 N–H and O–H groups in total. The normalized spacial score (nSPS) is 15.4. The van der Waals surface area contributed by atoms with Crippen LogP contribution < -0.4 is 10.6 Å². The van der Waals surface area contributed by atoms with Gasteiger partial charge in [-0.25, -0.2) is 23.2 Å². The van der Waals surface area contributed by atoms with Crippen LogP contribution in [0.3, 0.4) is 0 Å². The Hall–Kier alpha value is -4.72. The fourth-order valence-corrected chi connectivity index (χ4v) is 3.77. The largest absolute Gasteiger partial charge is 0.466 e. The number of carbonyl (C=O) groups excluding carboxylic acids is 3. The smallest absolute Gasteiger partial charge is 0.355 e. The van der Waals surface area contributed by atoms with Crippen LogP contribution in [-0.2, 0) is 23.8 Å². The van der Waals surface area contributed by atoms with E-state index in [1.165, 1.54) is 0 Å². The molecule has 1 heterocycles. The molecule has 3 rings (SSSR count). The molecule has 1 unspecified atom stereocenters. The SMILES string of the molecule is COC(=O)C1=C(C(=O)OC)N(c2ccc(F)c(C(=O)OC)c2F)C(N)=C(C#N)C1c1ccccc1. The van der Waals surface area contributed by atoms with Crippen molar-refractivity contribution in [3.63, 3.8) is 0 Å². The van der Waals surface area contributed by atoms with Gasteiger partial charge in [0.15, 0.2) is 5.82 Å². The van der Waals surface area contributed by atoms with Crippen LogP contribution in [0.1, 0.15) is 21.8 Å². The summed E-state index contributed by atoms with van der Waals surface area (Å²) in [6, 6.07) is 11.7. The molecule has 0 aliphatic carbocycles. The Bertz CT molecular complexity index is 1310. The Morgan fingerprint density at radius 1 is 0.943 bits per heavy atom. The lowest BCUT2D eigenvalue weighted by Crippen LogP contribution is -2.41. The van der Waals surface area contributed by atoms with Crippen molar-refractivity contribution in [3.05, 3.63) is 87.9 Å². The summed E-state index contributed by atoms with van der Waals surface area (Å²) in [6.45, 7) is 0. The number of ether oxygens (including phenoxy) is 3. The maximum Gasteiger partial charge on any atom is 0.355 e. The van der Waals surface area contributed by atoms with Crippen LogP contribution >= 0.6 is 0 Å². The molecule has 11 heteroatoms. The molecule has 1 aliphatic rings. The van der Waals surface area contributed by atoms with E-state index in [0.717, 1.165) is 38.4 Å². The Morgan fingerprint density at radius 3 is 2.09 bits per heavy atom. The molecule has 180 valence electrons. The number of hydrogen-bond acceptors (Lipinski definition) is 9. The second-order valence-electron chi connectivity index (χ2n) is 7.08. The summed E-state index contributed by atoms with van der Waals surface area (Å²) in [5.41, 5.74) is 3.81. The molecule has 1 atom stereocenters. The van der Waals surface area contributed by atoms with E-state index in [0.29, 0.717) is 5.56 Å². The molecule has 0 radical (unpaired) electrons. The van der Waals surface area contributed by atoms with Crippen molar-refractivity contribution in [2.24, 2.45) is 5.73 Å². The standard InChI is InChI=1S/C24H19F2N3O6/c1-33-22(30)17-14(25)9-10-15(19(17)26)29-20(24(32)35-3)18(23(31)34-2)16(13(11-27)21(29)28)12-7-5-4-6-8-12/h4-10,16H,28H2,1-3H3. The van der Waals surface area contributed by atoms with Gasteiger partial charge in [0.2, 0.25) is 0 Å². The van der Waals surface area contributed by atoms with E-state index in [1.54, 1.807) is 30.3 Å². The fourth-order valence-electron chi connectivity index (χ4n) is 3.77. The van der Waals surface area contributed by atoms with Gasteiger partial charge in [0.1, 0.15) is 22.9 Å². The maximum absolute atomic E-state index is 15.5. The number of rotatable bonds is 5. The minimum Gasteiger partial charge on any atom is -0.466 e. The van der Waals surface area contributed by atoms with Gasteiger partial charge < -0.3 is 19.9 Å². The molecule has 9 nitrogen and oxygen atoms in total. The van der Waals surface area contributed by atoms with Gasteiger partial charge in [-0.05, 0) is 17.7 Å². The molecule has 1 aliphatic heterocycles. The van der Waals surface area contributed by atoms with Crippen LogP contribution in [-0.4, -0.2) is 39.2 Å². The molecular formula is C24H19F2N3O6. The van der Waals surface area contributed by atoms with Crippen LogP contribution in [0.25, 0.3) is 0 Å². The molecule has 0 amide bonds. The van der Waals surface area contributed by atoms with Gasteiger partial charge in [-0.3, -0.25) is 4.90 Å². The second kappa shape index (κ2) is 10.0. The highest BCUT2D eigenvalue weighted by Crippen LogP contribution is 2.44. The van der Waals surface area contributed by atoms with Crippen LogP contribution in [0.15, 0.2) is 65.1 Å². The lowest BCUT2D eigenvalue weighted by atomic mass is 9.81. The number of methoxy groups -OCH3 is 3. The number of nitrogens with zero attached hydrogens (tertiary/aromatic N) is 2. The lowest BCUT2D eigenvalue weighted by Gasteiger charge is -2.36. The molecular weight excluding hydrogens is 464 g/mol. The number of benzene rings is 2. The predicted molar refractivity (Wildman–Crippen MR) is 117 cm³/mol. The molecule has 0 saturated heterocycles. The molecule has 35 heavy (non-hydrogen) atoms. The van der Waals surface area contributed by atoms with Gasteiger partial charge in [0, 0.05) is 0 Å². The van der Waals surface area contributed by atoms with Crippen LogP contribution in [0.5, 0.6) is 0 Å². The molecule has 2 aromatic rings. The van der Waals surface area contributed by atoms with Gasteiger partial charge in [-0.2, -0.15) is 5.26 Å². The van der Waals surface area contributed by atoms with E-state index in [9.17, 15) is 24.0 Å². The van der Waals surface area contributed by atoms with Crippen LogP contribution in [0.4, 0.5) is 14.5 Å². The average Bonchev–Trinajstić information content (AvgIpc) is 2.87. The van der Waals surface area contributed by atoms with E-state index >= 15 is 4.39 Å². The maximum atomic E-state index is 15.5. The van der Waals surface area contributed by atoms with E-state index in [-0.39, 0.29) is 11.1 Å². The average molecular weight is 483 g/mol. The third kappa shape index (κ3) is 4.17. The first-order valence-electron chi connectivity index (χ1n) is 9.95. The van der Waals surface area contributed by atoms with Crippen molar-refractivity contribution in [2.45, 2.75) is 5.92 Å². The molecule has 0 spiro atoms. The van der Waals surface area contributed by atoms with Crippen molar-refractivity contribution < 1.29 is 37.4 Å². The summed E-state index contributed by atoms with van der Waals surface area (Å²) in [4.78, 5) is 38.7. The van der Waals surface area contributed by atoms with Gasteiger partial charge >= 0.3 is 17.9 Å². The quantitative estimate of drug-likeness (QED) is 0.503. The van der Waals surface area contributed by atoms with Crippen LogP contribution in [0.2, 0.25) is 0 Å². The topological polar surface area (TPSA) is 132 Å². The monoisotopic (exact) mass is 483 g/mol. The summed E-state index contributed by atoms with van der Waals surface area (Å²) in [7, 11) is 3.00. The fraction of sp³-hybridized carbons (Fsp3) is 0.167. The predicted octanol–water partition coefficient (Wildman–Crippen LogP) is 2.65. The summed E-state index contributed by atoms with van der Waals surface area (Å²) in [5, 5.41) is 9.97. The number of nitriles is 1. The highest BCUT2D eigenvalue weighted by molar-refractivity contribution is 6.06. The third-order valence-corrected chi connectivity index (χ3v) is 5.31. The summed E-state index contributed by atoms with van der Waals surface area (Å²) in [5.74, 6) is -7.80. The second-order valence-corrected chi connectivity index (χ2v) is 7.08. The number of esters is 3. The van der Waals surface area contributed by atoms with E-state index in [4.69, 9.17) is 15.2 Å². The molecule has 0 fully saturated rings. The van der Waals surface area contributed by atoms with Gasteiger partial charge in [-0.15, -0.1) is 0 Å². The summed E-state index contributed by atoms with van der Waals surface area (Å²) >= 11 is 0. The first-order chi connectivity index (χ1) is 16.7. The van der Waals surface area contributed by atoms with Gasteiger partial charge in [-0.1, -0.05) is 30.3 Å². The van der Waals surface area contributed by atoms with Crippen LogP contribution in [0, 0.1) is 23.0 Å². The van der Waals surface area contributed by atoms with E-state index in [2.05, 4.69) is 4.74 Å². The van der Waals surface area contributed by atoms with E-state index < -0.39 is 58.2 Å². The van der Waals surface area contributed by atoms with Crippen molar-refractivity contribution in [3.8, 4) is 6.07 Å². The highest BCUT2D eigenvalue weighted by atomic mass is 19.1. The Kier molecular flexibility index (Phi) is 7.15. The summed E-state index contributed by atoms with van der Waals surface area (Å²) < 4.78 is 44.0. The molecule has 0 saturated carbocycles. The minimum atomic E-state index is -1.44. The number of allylic oxidation sites excluding steroid dienone is 1. The van der Waals surface area contributed by atoms with Crippen molar-refractivity contribution in [1.29, 1.82) is 5.26 Å². The molecule has 0 aromatic heterocycles. The number of nitrogens with two attached hydrogens (primary N) is 1. The Labute approximate surface area is 198 Å². The Morgan fingerprint density at radius 2 is 1.54 bits per heavy atom. The van der Waals surface area contributed by atoms with Crippen molar-refractivity contribution in [1.82, 2.24) is 0 Å². The van der Waals surface area contributed by atoms with E-state index in [1.807, 2.05) is 6.07 Å². The van der Waals surface area contributed by atoms with Crippen molar-refractivity contribution in [2.75, 3.05) is 26.2 Å². The highest BCUT2D eigenvalue weighted by Gasteiger charge is 2.44. The number of hydrogen-bond donors (Lipinski definition) is 1. The molecule has 0 bridgehead atoms. The Balaban J connectivity index is 2.47. The molecule has 2 aromatic carbocycles. The summed E-state index contributed by atoms with van der Waals surface area (Å²) in [6.07, 6.45) is 0. The van der Waals surface area contributed by atoms with Crippen molar-refractivity contribution >= 4 is 23.6 Å². The number of anilines is 1. The third-order valence-electron chi connectivity index (χ3n) is 5.31. The zero-order valence-electron chi connectivity index (χ0n) is 18.8. The lowest BCUT2D eigenvalue weighted by molar-refractivity contribution is -0.139. The van der Waals surface area contributed by atoms with Gasteiger partial charge in [0.05, 0.1) is 50.2 Å². The zero-order chi connectivity index (χ0) is 25.9. The zero-order valence-corrected chi connectivity index (χ0v) is 18.8. The number of carbonyl (C=O) groups is 3. The van der Waals surface area contributed by atoms with Gasteiger partial charge in [0.25, 0.3) is 0 Å². The first kappa shape index (κ1) is 24.9. The first-order valence-corrected chi connectivity index (χ1v) is 9.95. The number of halogens is 2. The minimum absolute atomic E-state index is 0.229.